The fraction of sp³-hybridized carbons (Fsp3) is 0.217. The smallest absolute Gasteiger partial charge is 0.278 e. The van der Waals surface area contributed by atoms with Gasteiger partial charge < -0.3 is 10.1 Å². The molecule has 1 N–H and O–H groups in total. The number of amides is 1. The highest BCUT2D eigenvalue weighted by Gasteiger charge is 2.22. The quantitative estimate of drug-likeness (QED) is 0.499. The molecule has 0 aliphatic heterocycles. The molecule has 1 amide bonds. The molecular weight excluding hydrogens is 397 g/mol. The Kier molecular flexibility index (Phi) is 5.62. The first-order valence-electron chi connectivity index (χ1n) is 10.1. The lowest BCUT2D eigenvalue weighted by Gasteiger charge is -2.12. The maximum absolute atomic E-state index is 13.4. The molecule has 0 spiro atoms. The minimum absolute atomic E-state index is 0.162. The number of nitrogens with zero attached hydrogens (tertiary/aromatic N) is 4. The van der Waals surface area contributed by atoms with Crippen LogP contribution in [0.25, 0.3) is 16.8 Å². The molecule has 0 aliphatic rings. The molecule has 0 saturated carbocycles. The number of anilines is 1. The lowest BCUT2D eigenvalue weighted by Crippen LogP contribution is -2.19. The van der Waals surface area contributed by atoms with Crippen LogP contribution in [-0.4, -0.2) is 32.3 Å². The van der Waals surface area contributed by atoms with Crippen LogP contribution in [0.4, 0.5) is 10.1 Å². The number of nitrogens with one attached hydrogen (secondary N) is 1. The maximum Gasteiger partial charge on any atom is 0.278 e. The number of para-hydroxylation sites is 2. The van der Waals surface area contributed by atoms with Crippen molar-refractivity contribution < 1.29 is 13.9 Å². The summed E-state index contributed by atoms with van der Waals surface area (Å²) in [6, 6.07) is 13.4. The highest BCUT2D eigenvalue weighted by Crippen LogP contribution is 2.29. The molecule has 0 bridgehead atoms. The van der Waals surface area contributed by atoms with E-state index in [9.17, 15) is 9.18 Å². The van der Waals surface area contributed by atoms with Crippen molar-refractivity contribution in [3.8, 4) is 16.9 Å². The zero-order valence-corrected chi connectivity index (χ0v) is 17.5. The molecule has 31 heavy (non-hydrogen) atoms. The summed E-state index contributed by atoms with van der Waals surface area (Å²) in [5.74, 6) is -0.140. The fourth-order valence-corrected chi connectivity index (χ4v) is 3.45. The number of aryl methyl sites for hydroxylation is 2. The lowest BCUT2D eigenvalue weighted by atomic mass is 10.0. The third-order valence-electron chi connectivity index (χ3n) is 4.96. The molecule has 7 nitrogen and oxygen atoms in total. The largest absolute Gasteiger partial charge is 0.492 e. The molecule has 0 radical (unpaired) electrons. The summed E-state index contributed by atoms with van der Waals surface area (Å²) in [6.45, 7) is 6.11. The van der Waals surface area contributed by atoms with Gasteiger partial charge in [0.1, 0.15) is 11.6 Å². The van der Waals surface area contributed by atoms with Crippen LogP contribution in [0.15, 0.2) is 48.5 Å². The number of fused-ring (bicyclic) bond motifs is 1. The lowest BCUT2D eigenvalue weighted by molar-refractivity contribution is 0.101. The van der Waals surface area contributed by atoms with E-state index in [-0.39, 0.29) is 11.5 Å². The van der Waals surface area contributed by atoms with Gasteiger partial charge >= 0.3 is 0 Å². The second-order valence-corrected chi connectivity index (χ2v) is 6.93. The number of hydrogen-bond donors (Lipinski definition) is 1. The Morgan fingerprint density at radius 1 is 1.10 bits per heavy atom. The molecule has 0 unspecified atom stereocenters. The van der Waals surface area contributed by atoms with E-state index >= 15 is 0 Å². The predicted octanol–water partition coefficient (Wildman–Crippen LogP) is 4.45. The standard InChI is InChI=1S/C23H22FN5O2/c1-4-17-20(15-10-12-16(24)13-11-15)22-27-26-21(14(3)29(22)28-17)23(30)25-18-8-6-7-9-19(18)31-5-2/h6-13H,4-5H2,1-3H3,(H,25,30). The Morgan fingerprint density at radius 3 is 2.55 bits per heavy atom. The van der Waals surface area contributed by atoms with Gasteiger partial charge in [0.05, 0.1) is 29.2 Å². The number of carbonyl (C=O) groups is 1. The van der Waals surface area contributed by atoms with Gasteiger partial charge in [-0.25, -0.2) is 8.91 Å². The monoisotopic (exact) mass is 419 g/mol. The number of carbonyl (C=O) groups excluding carboxylic acids is 1. The number of aromatic nitrogens is 4. The molecule has 158 valence electrons. The van der Waals surface area contributed by atoms with Crippen molar-refractivity contribution >= 4 is 17.2 Å². The summed E-state index contributed by atoms with van der Waals surface area (Å²) in [6.07, 6.45) is 0.652. The fourth-order valence-electron chi connectivity index (χ4n) is 3.45. The summed E-state index contributed by atoms with van der Waals surface area (Å²) in [4.78, 5) is 13.0. The van der Waals surface area contributed by atoms with Gasteiger partial charge in [-0.2, -0.15) is 5.10 Å². The Labute approximate surface area is 178 Å². The van der Waals surface area contributed by atoms with E-state index in [4.69, 9.17) is 4.74 Å². The summed E-state index contributed by atoms with van der Waals surface area (Å²) in [7, 11) is 0. The summed E-state index contributed by atoms with van der Waals surface area (Å²) < 4.78 is 20.6. The molecule has 2 aromatic heterocycles. The molecule has 0 aliphatic carbocycles. The SMILES string of the molecule is CCOc1ccccc1NC(=O)c1nnc2c(-c3ccc(F)cc3)c(CC)nn2c1C. The zero-order valence-electron chi connectivity index (χ0n) is 17.5. The molecule has 0 saturated heterocycles. The molecule has 2 heterocycles. The van der Waals surface area contributed by atoms with Crippen LogP contribution in [0.1, 0.15) is 35.7 Å². The Morgan fingerprint density at radius 2 is 1.84 bits per heavy atom. The first-order chi connectivity index (χ1) is 15.0. The highest BCUT2D eigenvalue weighted by atomic mass is 19.1. The molecular formula is C23H22FN5O2. The average molecular weight is 419 g/mol. The topological polar surface area (TPSA) is 81.4 Å². The van der Waals surface area contributed by atoms with E-state index in [1.165, 1.54) is 12.1 Å². The van der Waals surface area contributed by atoms with Crippen molar-refractivity contribution in [3.05, 3.63) is 71.4 Å². The number of benzene rings is 2. The van der Waals surface area contributed by atoms with Crippen molar-refractivity contribution in [2.75, 3.05) is 11.9 Å². The summed E-state index contributed by atoms with van der Waals surface area (Å²) in [5, 5.41) is 16.0. The number of halogens is 1. The molecule has 2 aromatic carbocycles. The molecule has 0 fully saturated rings. The highest BCUT2D eigenvalue weighted by molar-refractivity contribution is 6.04. The number of ether oxygens (including phenoxy) is 1. The first-order valence-corrected chi connectivity index (χ1v) is 10.1. The van der Waals surface area contributed by atoms with Gasteiger partial charge in [-0.15, -0.1) is 10.2 Å². The Bertz CT molecular complexity index is 1250. The third-order valence-corrected chi connectivity index (χ3v) is 4.96. The molecule has 4 rings (SSSR count). The average Bonchev–Trinajstić information content (AvgIpc) is 3.15. The van der Waals surface area contributed by atoms with E-state index < -0.39 is 5.91 Å². The second kappa shape index (κ2) is 8.51. The van der Waals surface area contributed by atoms with E-state index in [2.05, 4.69) is 20.6 Å². The number of hydrogen-bond acceptors (Lipinski definition) is 5. The van der Waals surface area contributed by atoms with Crippen LogP contribution in [0, 0.1) is 12.7 Å². The molecule has 4 aromatic rings. The van der Waals surface area contributed by atoms with Gasteiger partial charge in [0.25, 0.3) is 5.91 Å². The Balaban J connectivity index is 1.75. The van der Waals surface area contributed by atoms with E-state index in [0.29, 0.717) is 35.8 Å². The van der Waals surface area contributed by atoms with Crippen molar-refractivity contribution in [1.82, 2.24) is 19.8 Å². The van der Waals surface area contributed by atoms with Crippen molar-refractivity contribution in [2.24, 2.45) is 0 Å². The minimum atomic E-state index is -0.407. The van der Waals surface area contributed by atoms with Gasteiger partial charge in [0, 0.05) is 0 Å². The van der Waals surface area contributed by atoms with Gasteiger partial charge in [0.2, 0.25) is 0 Å². The van der Waals surface area contributed by atoms with Crippen molar-refractivity contribution in [2.45, 2.75) is 27.2 Å². The summed E-state index contributed by atoms with van der Waals surface area (Å²) >= 11 is 0. The van der Waals surface area contributed by atoms with E-state index in [1.54, 1.807) is 35.7 Å². The van der Waals surface area contributed by atoms with Crippen molar-refractivity contribution in [1.29, 1.82) is 0 Å². The van der Waals surface area contributed by atoms with Gasteiger partial charge in [-0.3, -0.25) is 4.79 Å². The van der Waals surface area contributed by atoms with Gasteiger partial charge in [0.15, 0.2) is 11.3 Å². The van der Waals surface area contributed by atoms with Gasteiger partial charge in [-0.05, 0) is 50.1 Å². The van der Waals surface area contributed by atoms with E-state index in [0.717, 1.165) is 16.8 Å². The molecule has 8 heteroatoms. The van der Waals surface area contributed by atoms with Crippen LogP contribution >= 0.6 is 0 Å². The minimum Gasteiger partial charge on any atom is -0.492 e. The normalized spacial score (nSPS) is 11.0. The van der Waals surface area contributed by atoms with Gasteiger partial charge in [-0.1, -0.05) is 31.2 Å². The third kappa shape index (κ3) is 3.84. The Hall–Kier alpha value is -3.81. The first kappa shape index (κ1) is 20.5. The summed E-state index contributed by atoms with van der Waals surface area (Å²) in [5.41, 5.74) is 4.17. The second-order valence-electron chi connectivity index (χ2n) is 6.93. The van der Waals surface area contributed by atoms with Crippen LogP contribution in [0.2, 0.25) is 0 Å². The van der Waals surface area contributed by atoms with Crippen molar-refractivity contribution in [3.63, 3.8) is 0 Å². The molecule has 0 atom stereocenters. The van der Waals surface area contributed by atoms with Crippen LogP contribution in [0.3, 0.4) is 0 Å². The van der Waals surface area contributed by atoms with Crippen LogP contribution < -0.4 is 10.1 Å². The number of rotatable bonds is 6. The van der Waals surface area contributed by atoms with Crippen LogP contribution in [-0.2, 0) is 6.42 Å². The maximum atomic E-state index is 13.4. The van der Waals surface area contributed by atoms with Crippen LogP contribution in [0.5, 0.6) is 5.75 Å². The zero-order chi connectivity index (χ0) is 22.0. The van der Waals surface area contributed by atoms with E-state index in [1.807, 2.05) is 26.0 Å². The predicted molar refractivity (Wildman–Crippen MR) is 116 cm³/mol.